The van der Waals surface area contributed by atoms with Gasteiger partial charge in [0.15, 0.2) is 0 Å². The van der Waals surface area contributed by atoms with Crippen molar-refractivity contribution in [2.75, 3.05) is 5.73 Å². The van der Waals surface area contributed by atoms with Crippen molar-refractivity contribution in [2.45, 2.75) is 31.1 Å². The maximum Gasteiger partial charge on any atom is 0.461 e. The molecule has 0 fully saturated rings. The fourth-order valence-corrected chi connectivity index (χ4v) is 1.99. The third kappa shape index (κ3) is 3.27. The molecule has 27 heavy (non-hydrogen) atoms. The van der Waals surface area contributed by atoms with Crippen LogP contribution in [-0.4, -0.2) is 27.1 Å². The minimum atomic E-state index is -6.33. The number of aryl methyl sites for hydroxylation is 1. The summed E-state index contributed by atoms with van der Waals surface area (Å²) in [4.78, 5) is 0. The molecule has 0 unspecified atom stereocenters. The van der Waals surface area contributed by atoms with Gasteiger partial charge in [0.25, 0.3) is 0 Å². The summed E-state index contributed by atoms with van der Waals surface area (Å²) in [6, 6.07) is 2.35. The third-order valence-corrected chi connectivity index (χ3v) is 3.45. The molecule has 0 radical (unpaired) electrons. The van der Waals surface area contributed by atoms with Crippen LogP contribution in [0.3, 0.4) is 0 Å². The van der Waals surface area contributed by atoms with Crippen LogP contribution in [0.25, 0.3) is 5.69 Å². The van der Waals surface area contributed by atoms with Gasteiger partial charge in [-0.2, -0.15) is 43.9 Å². The Morgan fingerprint density at radius 2 is 1.19 bits per heavy atom. The highest BCUT2D eigenvalue weighted by Crippen LogP contribution is 2.48. The van der Waals surface area contributed by atoms with E-state index in [4.69, 9.17) is 5.73 Å². The maximum absolute atomic E-state index is 13.7. The van der Waals surface area contributed by atoms with Crippen LogP contribution in [0.1, 0.15) is 17.2 Å². The van der Waals surface area contributed by atoms with Crippen LogP contribution in [0.2, 0.25) is 0 Å². The van der Waals surface area contributed by atoms with Gasteiger partial charge in [-0.25, -0.2) is 0 Å². The number of anilines is 1. The number of nitrogens with zero attached hydrogens (tertiary/aromatic N) is 3. The molecule has 2 aromatic rings. The minimum Gasteiger partial charge on any atom is -0.399 e. The second-order valence-electron chi connectivity index (χ2n) is 5.37. The zero-order chi connectivity index (χ0) is 21.0. The molecular weight excluding hydrogens is 402 g/mol. The number of aromatic nitrogens is 3. The molecule has 0 spiro atoms. The minimum absolute atomic E-state index is 0.0138. The Morgan fingerprint density at radius 1 is 0.778 bits per heavy atom. The topological polar surface area (TPSA) is 56.7 Å². The van der Waals surface area contributed by atoms with Gasteiger partial charge in [-0.1, -0.05) is 0 Å². The van der Waals surface area contributed by atoms with Crippen LogP contribution < -0.4 is 5.73 Å². The van der Waals surface area contributed by atoms with Crippen LogP contribution in [-0.2, 0) is 11.8 Å². The molecule has 0 aliphatic rings. The summed E-state index contributed by atoms with van der Waals surface area (Å²) in [6.07, 6.45) is -12.7. The molecule has 4 nitrogen and oxygen atoms in total. The van der Waals surface area contributed by atoms with E-state index in [0.29, 0.717) is 6.07 Å². The number of nitrogens with two attached hydrogens (primary N) is 1. The normalized spacial score (nSPS) is 13.9. The molecule has 0 aliphatic carbocycles. The highest BCUT2D eigenvalue weighted by atomic mass is 19.4. The Morgan fingerprint density at radius 3 is 1.52 bits per heavy atom. The predicted octanol–water partition coefficient (Wildman–Crippen LogP) is 4.47. The highest BCUT2D eigenvalue weighted by molar-refractivity contribution is 5.52. The summed E-state index contributed by atoms with van der Waals surface area (Å²) in [5.41, 5.74) is 4.55. The standard InChI is InChI=1S/C13H8F10N4/c1-5-4-6(2-3-7(5)24)27-8(10(14,15)12(18,19)20)25-26-9(27)11(16,17)13(21,22)23/h2-4H,24H2,1H3. The zero-order valence-corrected chi connectivity index (χ0v) is 12.9. The average molecular weight is 410 g/mol. The van der Waals surface area contributed by atoms with Crippen molar-refractivity contribution in [3.05, 3.63) is 35.4 Å². The Kier molecular flexibility index (Phi) is 4.61. The Labute approximate surface area is 143 Å². The molecule has 1 aromatic heterocycles. The van der Waals surface area contributed by atoms with E-state index < -0.39 is 46.1 Å². The molecule has 2 N–H and O–H groups in total. The summed E-state index contributed by atoms with van der Waals surface area (Å²) >= 11 is 0. The summed E-state index contributed by atoms with van der Waals surface area (Å²) in [6.45, 7) is 1.23. The van der Waals surface area contributed by atoms with Gasteiger partial charge in [0.05, 0.1) is 0 Å². The van der Waals surface area contributed by atoms with Crippen molar-refractivity contribution < 1.29 is 43.9 Å². The fraction of sp³-hybridized carbons (Fsp3) is 0.385. The molecule has 1 heterocycles. The van der Waals surface area contributed by atoms with E-state index in [1.807, 2.05) is 0 Å². The molecule has 2 rings (SSSR count). The van der Waals surface area contributed by atoms with Crippen LogP contribution in [0, 0.1) is 6.92 Å². The Hall–Kier alpha value is -2.54. The number of hydrogen-bond donors (Lipinski definition) is 1. The summed E-state index contributed by atoms with van der Waals surface area (Å²) in [5.74, 6) is -16.6. The lowest BCUT2D eigenvalue weighted by Gasteiger charge is -2.23. The number of rotatable bonds is 3. The van der Waals surface area contributed by atoms with E-state index in [-0.39, 0.29) is 11.3 Å². The second kappa shape index (κ2) is 5.99. The fourth-order valence-electron chi connectivity index (χ4n) is 1.99. The summed E-state index contributed by atoms with van der Waals surface area (Å²) in [7, 11) is 0. The van der Waals surface area contributed by atoms with Crippen LogP contribution in [0.4, 0.5) is 49.6 Å². The number of hydrogen-bond acceptors (Lipinski definition) is 3. The van der Waals surface area contributed by atoms with E-state index >= 15 is 0 Å². The van der Waals surface area contributed by atoms with Gasteiger partial charge in [-0.05, 0) is 30.7 Å². The van der Waals surface area contributed by atoms with E-state index in [1.165, 1.54) is 6.92 Å². The Bertz CT molecular complexity index is 806. The van der Waals surface area contributed by atoms with Gasteiger partial charge < -0.3 is 5.73 Å². The first-order chi connectivity index (χ1) is 12.0. The van der Waals surface area contributed by atoms with Gasteiger partial charge >= 0.3 is 24.2 Å². The SMILES string of the molecule is Cc1cc(-n2c(C(F)(F)C(F)(F)F)nnc2C(F)(F)C(F)(F)F)ccc1N. The smallest absolute Gasteiger partial charge is 0.399 e. The lowest BCUT2D eigenvalue weighted by atomic mass is 10.1. The van der Waals surface area contributed by atoms with Crippen molar-refractivity contribution in [3.63, 3.8) is 0 Å². The first kappa shape index (κ1) is 20.8. The summed E-state index contributed by atoms with van der Waals surface area (Å²) < 4.78 is 130. The first-order valence-electron chi connectivity index (χ1n) is 6.73. The monoisotopic (exact) mass is 410 g/mol. The molecular formula is C13H8F10N4. The van der Waals surface area contributed by atoms with Gasteiger partial charge in [-0.15, -0.1) is 10.2 Å². The van der Waals surface area contributed by atoms with Gasteiger partial charge in [0, 0.05) is 11.4 Å². The van der Waals surface area contributed by atoms with Crippen molar-refractivity contribution in [3.8, 4) is 5.69 Å². The molecule has 0 amide bonds. The second-order valence-corrected chi connectivity index (χ2v) is 5.37. The van der Waals surface area contributed by atoms with Gasteiger partial charge in [0.1, 0.15) is 0 Å². The Balaban J connectivity index is 2.88. The van der Waals surface area contributed by atoms with Gasteiger partial charge in [0.2, 0.25) is 11.6 Å². The predicted molar refractivity (Wildman–Crippen MR) is 70.4 cm³/mol. The van der Waals surface area contributed by atoms with Crippen LogP contribution in [0.15, 0.2) is 18.2 Å². The molecule has 0 atom stereocenters. The largest absolute Gasteiger partial charge is 0.461 e. The molecule has 0 bridgehead atoms. The van der Waals surface area contributed by atoms with Crippen molar-refractivity contribution in [2.24, 2.45) is 0 Å². The van der Waals surface area contributed by atoms with Crippen molar-refractivity contribution in [1.82, 2.24) is 14.8 Å². The average Bonchev–Trinajstić information content (AvgIpc) is 2.93. The van der Waals surface area contributed by atoms with Crippen molar-refractivity contribution >= 4 is 5.69 Å². The molecule has 14 heteroatoms. The third-order valence-electron chi connectivity index (χ3n) is 3.45. The molecule has 0 aliphatic heterocycles. The van der Waals surface area contributed by atoms with Gasteiger partial charge in [-0.3, -0.25) is 4.57 Å². The first-order valence-corrected chi connectivity index (χ1v) is 6.73. The quantitative estimate of drug-likeness (QED) is 0.600. The van der Waals surface area contributed by atoms with Crippen LogP contribution in [0.5, 0.6) is 0 Å². The summed E-state index contributed by atoms with van der Waals surface area (Å²) in [5, 5.41) is 4.59. The molecule has 0 saturated heterocycles. The van der Waals surface area contributed by atoms with E-state index in [0.717, 1.165) is 12.1 Å². The number of benzene rings is 1. The van der Waals surface area contributed by atoms with E-state index in [2.05, 4.69) is 10.2 Å². The van der Waals surface area contributed by atoms with Crippen LogP contribution >= 0.6 is 0 Å². The van der Waals surface area contributed by atoms with Crippen molar-refractivity contribution in [1.29, 1.82) is 0 Å². The highest BCUT2D eigenvalue weighted by Gasteiger charge is 2.66. The zero-order valence-electron chi connectivity index (χ0n) is 12.9. The maximum atomic E-state index is 13.7. The number of alkyl halides is 10. The molecule has 0 saturated carbocycles. The number of halogens is 10. The molecule has 1 aromatic carbocycles. The number of nitrogen functional groups attached to an aromatic ring is 1. The van der Waals surface area contributed by atoms with E-state index in [1.54, 1.807) is 0 Å². The lowest BCUT2D eigenvalue weighted by molar-refractivity contribution is -0.296. The molecule has 150 valence electrons. The lowest BCUT2D eigenvalue weighted by Crippen LogP contribution is -2.39. The van der Waals surface area contributed by atoms with E-state index in [9.17, 15) is 43.9 Å².